The normalized spacial score (nSPS) is 16.4. The lowest BCUT2D eigenvalue weighted by Crippen LogP contribution is -2.23. The lowest BCUT2D eigenvalue weighted by molar-refractivity contribution is -0.117. The third-order valence-electron chi connectivity index (χ3n) is 2.31. The summed E-state index contributed by atoms with van der Waals surface area (Å²) in [4.78, 5) is 20.3. The van der Waals surface area contributed by atoms with Gasteiger partial charge in [-0.25, -0.2) is 4.39 Å². The van der Waals surface area contributed by atoms with E-state index in [1.165, 1.54) is 19.1 Å². The molecule has 1 atom stereocenters. The smallest absolute Gasteiger partial charge is 0.218 e. The van der Waals surface area contributed by atoms with Gasteiger partial charge in [0.2, 0.25) is 5.24 Å². The van der Waals surface area contributed by atoms with Crippen molar-refractivity contribution in [1.82, 2.24) is 0 Å². The molecule has 1 N–H and O–H groups in total. The van der Waals surface area contributed by atoms with Crippen LogP contribution >= 0.6 is 11.6 Å². The van der Waals surface area contributed by atoms with Gasteiger partial charge in [-0.1, -0.05) is 0 Å². The minimum atomic E-state index is -0.361. The van der Waals surface area contributed by atoms with Crippen LogP contribution in [0.25, 0.3) is 0 Å². The number of carbonyl (C=O) groups is 2. The summed E-state index contributed by atoms with van der Waals surface area (Å²) in [5.41, 5.74) is 1.77. The number of hydrogen-bond donors (Lipinski definition) is 1. The highest BCUT2D eigenvalue weighted by molar-refractivity contribution is 6.62. The van der Waals surface area contributed by atoms with Gasteiger partial charge < -0.3 is 5.32 Å². The minimum Gasteiger partial charge on any atom is -0.375 e. The summed E-state index contributed by atoms with van der Waals surface area (Å²) >= 11 is 4.64. The first-order valence-corrected chi connectivity index (χ1v) is 5.49. The van der Waals surface area contributed by atoms with Crippen LogP contribution in [0.1, 0.15) is 19.4 Å². The number of rotatable bonds is 1. The maximum atomic E-state index is 12.8. The van der Waals surface area contributed by atoms with E-state index in [9.17, 15) is 14.0 Å². The monoisotopic (exact) mass is 257 g/mol. The van der Waals surface area contributed by atoms with Crippen LogP contribution in [-0.2, 0) is 16.0 Å². The maximum Gasteiger partial charge on any atom is 0.218 e. The molecule has 0 fully saturated rings. The molecule has 1 unspecified atom stereocenters. The highest BCUT2D eigenvalue weighted by atomic mass is 35.5. The second-order valence-corrected chi connectivity index (χ2v) is 4.32. The number of benzene rings is 1. The van der Waals surface area contributed by atoms with Crippen molar-refractivity contribution < 1.29 is 14.0 Å². The van der Waals surface area contributed by atoms with Crippen molar-refractivity contribution in [3.05, 3.63) is 29.6 Å². The van der Waals surface area contributed by atoms with Crippen molar-refractivity contribution in [3.8, 4) is 0 Å². The van der Waals surface area contributed by atoms with Gasteiger partial charge in [0, 0.05) is 19.0 Å². The molecule has 0 aromatic heterocycles. The third-order valence-corrected chi connectivity index (χ3v) is 2.31. The van der Waals surface area contributed by atoms with Crippen LogP contribution in [0, 0.1) is 5.82 Å². The average Bonchev–Trinajstić information content (AvgIpc) is 2.59. The molecule has 0 radical (unpaired) electrons. The molecule has 17 heavy (non-hydrogen) atoms. The van der Waals surface area contributed by atoms with Crippen LogP contribution in [-0.4, -0.2) is 17.1 Å². The molecule has 5 heteroatoms. The number of halogens is 2. The molecule has 0 aliphatic carbocycles. The van der Waals surface area contributed by atoms with E-state index in [1.807, 2.05) is 0 Å². The SMILES string of the molecule is CC(=O)C1Cc2cc(F)ccc2N1.CC(=O)Cl. The van der Waals surface area contributed by atoms with Gasteiger partial charge in [0.15, 0.2) is 5.78 Å². The average molecular weight is 258 g/mol. The van der Waals surface area contributed by atoms with Crippen LogP contribution in [0.4, 0.5) is 10.1 Å². The van der Waals surface area contributed by atoms with Gasteiger partial charge in [-0.2, -0.15) is 0 Å². The summed E-state index contributed by atoms with van der Waals surface area (Å²) in [5, 5.41) is 2.68. The van der Waals surface area contributed by atoms with Gasteiger partial charge in [-0.15, -0.1) is 0 Å². The van der Waals surface area contributed by atoms with Gasteiger partial charge in [0.05, 0.1) is 6.04 Å². The van der Waals surface area contributed by atoms with Crippen LogP contribution in [0.5, 0.6) is 0 Å². The molecule has 0 saturated heterocycles. The topological polar surface area (TPSA) is 46.2 Å². The van der Waals surface area contributed by atoms with Crippen LogP contribution in [0.3, 0.4) is 0 Å². The molecule has 2 rings (SSSR count). The molecule has 92 valence electrons. The number of hydrogen-bond acceptors (Lipinski definition) is 3. The summed E-state index contributed by atoms with van der Waals surface area (Å²) in [6.45, 7) is 2.83. The minimum absolute atomic E-state index is 0.0941. The summed E-state index contributed by atoms with van der Waals surface area (Å²) in [5.74, 6) is -0.152. The Morgan fingerprint density at radius 1 is 1.41 bits per heavy atom. The van der Waals surface area contributed by atoms with Crippen LogP contribution < -0.4 is 5.32 Å². The highest BCUT2D eigenvalue weighted by Crippen LogP contribution is 2.26. The van der Waals surface area contributed by atoms with E-state index in [4.69, 9.17) is 0 Å². The Morgan fingerprint density at radius 2 is 2.00 bits per heavy atom. The Hall–Kier alpha value is -1.42. The highest BCUT2D eigenvalue weighted by Gasteiger charge is 2.23. The first-order chi connectivity index (χ1) is 7.90. The van der Waals surface area contributed by atoms with Gasteiger partial charge in [-0.3, -0.25) is 9.59 Å². The lowest BCUT2D eigenvalue weighted by Gasteiger charge is -2.04. The Morgan fingerprint density at radius 3 is 2.53 bits per heavy atom. The van der Waals surface area contributed by atoms with E-state index in [-0.39, 0.29) is 22.9 Å². The Balaban J connectivity index is 0.000000317. The van der Waals surface area contributed by atoms with Crippen molar-refractivity contribution in [2.45, 2.75) is 26.3 Å². The first-order valence-electron chi connectivity index (χ1n) is 5.11. The van der Waals surface area contributed by atoms with Gasteiger partial charge >= 0.3 is 0 Å². The summed E-state index contributed by atoms with van der Waals surface area (Å²) < 4.78 is 12.8. The number of nitrogens with one attached hydrogen (secondary N) is 1. The molecule has 0 amide bonds. The molecule has 1 aliphatic heterocycles. The number of fused-ring (bicyclic) bond motifs is 1. The Kier molecular flexibility index (Phi) is 4.63. The number of ketones is 1. The summed E-state index contributed by atoms with van der Waals surface area (Å²) in [6, 6.07) is 4.38. The van der Waals surface area contributed by atoms with E-state index in [2.05, 4.69) is 16.9 Å². The van der Waals surface area contributed by atoms with Crippen molar-refractivity contribution >= 4 is 28.3 Å². The van der Waals surface area contributed by atoms with Gasteiger partial charge in [-0.05, 0) is 42.3 Å². The fourth-order valence-corrected chi connectivity index (χ4v) is 1.58. The lowest BCUT2D eigenvalue weighted by atomic mass is 10.1. The predicted molar refractivity (Wildman–Crippen MR) is 64.7 cm³/mol. The van der Waals surface area contributed by atoms with E-state index in [1.54, 1.807) is 13.0 Å². The fourth-order valence-electron chi connectivity index (χ4n) is 1.58. The molecule has 0 bridgehead atoms. The zero-order valence-corrected chi connectivity index (χ0v) is 10.3. The Bertz CT molecular complexity index is 444. The first kappa shape index (κ1) is 13.6. The van der Waals surface area contributed by atoms with Gasteiger partial charge in [0.25, 0.3) is 0 Å². The molecule has 1 heterocycles. The molecule has 1 aromatic carbocycles. The summed E-state index contributed by atoms with van der Waals surface area (Å²) in [7, 11) is 0. The predicted octanol–water partition coefficient (Wildman–Crippen LogP) is 2.52. The fraction of sp³-hybridized carbons (Fsp3) is 0.333. The van der Waals surface area contributed by atoms with Crippen molar-refractivity contribution in [2.24, 2.45) is 0 Å². The summed E-state index contributed by atoms with van der Waals surface area (Å²) in [6.07, 6.45) is 0.600. The zero-order valence-electron chi connectivity index (χ0n) is 9.59. The second-order valence-electron chi connectivity index (χ2n) is 3.78. The van der Waals surface area contributed by atoms with Gasteiger partial charge in [0.1, 0.15) is 5.82 Å². The van der Waals surface area contributed by atoms with E-state index >= 15 is 0 Å². The standard InChI is InChI=1S/C10H10FNO.C2H3ClO/c1-6(13)10-5-7-4-8(11)2-3-9(7)12-10;1-2(3)4/h2-4,10,12H,5H2,1H3;1H3. The second kappa shape index (κ2) is 5.77. The van der Waals surface area contributed by atoms with Crippen LogP contribution in [0.15, 0.2) is 18.2 Å². The Labute approximate surface area is 104 Å². The van der Waals surface area contributed by atoms with E-state index in [0.29, 0.717) is 6.42 Å². The largest absolute Gasteiger partial charge is 0.375 e. The number of Topliss-reactive ketones (excluding diaryl/α,β-unsaturated/α-hetero) is 1. The number of anilines is 1. The zero-order chi connectivity index (χ0) is 13.0. The third kappa shape index (κ3) is 4.15. The van der Waals surface area contributed by atoms with E-state index < -0.39 is 0 Å². The molecule has 3 nitrogen and oxygen atoms in total. The van der Waals surface area contributed by atoms with Crippen LogP contribution in [0.2, 0.25) is 0 Å². The molecule has 1 aromatic rings. The molecule has 0 saturated carbocycles. The quantitative estimate of drug-likeness (QED) is 0.787. The van der Waals surface area contributed by atoms with E-state index in [0.717, 1.165) is 11.3 Å². The van der Waals surface area contributed by atoms with Crippen molar-refractivity contribution in [3.63, 3.8) is 0 Å². The molecule has 0 spiro atoms. The maximum absolute atomic E-state index is 12.8. The van der Waals surface area contributed by atoms with Crippen molar-refractivity contribution in [2.75, 3.05) is 5.32 Å². The molecular formula is C12H13ClFNO2. The molecule has 1 aliphatic rings. The number of carbonyl (C=O) groups excluding carboxylic acids is 2. The van der Waals surface area contributed by atoms with Crippen molar-refractivity contribution in [1.29, 1.82) is 0 Å². The molecular weight excluding hydrogens is 245 g/mol.